The second-order valence-electron chi connectivity index (χ2n) is 4.63. The van der Waals surface area contributed by atoms with E-state index in [1.807, 2.05) is 0 Å². The summed E-state index contributed by atoms with van der Waals surface area (Å²) in [5.74, 6) is 0. The lowest BCUT2D eigenvalue weighted by atomic mass is 10.1. The third kappa shape index (κ3) is 13.5. The lowest BCUT2D eigenvalue weighted by molar-refractivity contribution is 0.637. The van der Waals surface area contributed by atoms with Gasteiger partial charge >= 0.3 is 0 Å². The SMILES string of the molecule is CCCCCCC=C=CCCCCCCC. The highest BCUT2D eigenvalue weighted by Crippen LogP contribution is 2.05. The second-order valence-corrected chi connectivity index (χ2v) is 4.63. The van der Waals surface area contributed by atoms with E-state index in [9.17, 15) is 0 Å². The van der Waals surface area contributed by atoms with Crippen molar-refractivity contribution in [3.8, 4) is 0 Å². The fourth-order valence-electron chi connectivity index (χ4n) is 1.77. The van der Waals surface area contributed by atoms with Crippen LogP contribution >= 0.6 is 0 Å². The summed E-state index contributed by atoms with van der Waals surface area (Å²) in [6.45, 7) is 4.52. The Labute approximate surface area is 103 Å². The van der Waals surface area contributed by atoms with Crippen molar-refractivity contribution < 1.29 is 0 Å². The summed E-state index contributed by atoms with van der Waals surface area (Å²) in [7, 11) is 0. The van der Waals surface area contributed by atoms with Gasteiger partial charge in [0.2, 0.25) is 0 Å². The van der Waals surface area contributed by atoms with E-state index >= 15 is 0 Å². The van der Waals surface area contributed by atoms with Crippen molar-refractivity contribution in [1.29, 1.82) is 0 Å². The lowest BCUT2D eigenvalue weighted by Gasteiger charge is -1.95. The van der Waals surface area contributed by atoms with Crippen molar-refractivity contribution in [2.24, 2.45) is 0 Å². The molecule has 0 aromatic carbocycles. The molecular weight excluding hydrogens is 192 g/mol. The van der Waals surface area contributed by atoms with Crippen LogP contribution in [0.15, 0.2) is 17.9 Å². The maximum Gasteiger partial charge on any atom is -0.0274 e. The van der Waals surface area contributed by atoms with Gasteiger partial charge in [-0.3, -0.25) is 0 Å². The van der Waals surface area contributed by atoms with E-state index in [1.54, 1.807) is 0 Å². The molecule has 0 aliphatic heterocycles. The van der Waals surface area contributed by atoms with Crippen LogP contribution in [0.2, 0.25) is 0 Å². The summed E-state index contributed by atoms with van der Waals surface area (Å²) < 4.78 is 0. The zero-order valence-electron chi connectivity index (χ0n) is 11.4. The van der Waals surface area contributed by atoms with Crippen LogP contribution in [0.4, 0.5) is 0 Å². The molecule has 0 aliphatic carbocycles. The van der Waals surface area contributed by atoms with E-state index in [0.29, 0.717) is 0 Å². The Balaban J connectivity index is 3.15. The third-order valence-corrected chi connectivity index (χ3v) is 2.89. The van der Waals surface area contributed by atoms with Crippen molar-refractivity contribution in [3.63, 3.8) is 0 Å². The molecular formula is C16H30. The quantitative estimate of drug-likeness (QED) is 0.296. The van der Waals surface area contributed by atoms with Crippen LogP contribution in [0.25, 0.3) is 0 Å². The van der Waals surface area contributed by atoms with Crippen molar-refractivity contribution in [2.75, 3.05) is 0 Å². The van der Waals surface area contributed by atoms with Gasteiger partial charge in [0.05, 0.1) is 0 Å². The van der Waals surface area contributed by atoms with Gasteiger partial charge < -0.3 is 0 Å². The van der Waals surface area contributed by atoms with E-state index in [4.69, 9.17) is 0 Å². The second kappa shape index (κ2) is 14.5. The summed E-state index contributed by atoms with van der Waals surface area (Å²) in [6, 6.07) is 0. The van der Waals surface area contributed by atoms with Gasteiger partial charge in [0.1, 0.15) is 0 Å². The van der Waals surface area contributed by atoms with Crippen LogP contribution < -0.4 is 0 Å². The van der Waals surface area contributed by atoms with E-state index in [-0.39, 0.29) is 0 Å². The van der Waals surface area contributed by atoms with Crippen molar-refractivity contribution >= 4 is 0 Å². The number of hydrogen-bond acceptors (Lipinski definition) is 0. The van der Waals surface area contributed by atoms with E-state index in [2.05, 4.69) is 31.7 Å². The summed E-state index contributed by atoms with van der Waals surface area (Å²) in [4.78, 5) is 0. The topological polar surface area (TPSA) is 0 Å². The molecule has 0 unspecified atom stereocenters. The first-order valence-electron chi connectivity index (χ1n) is 7.31. The highest BCUT2D eigenvalue weighted by Gasteiger charge is 1.86. The van der Waals surface area contributed by atoms with Gasteiger partial charge in [0.25, 0.3) is 0 Å². The summed E-state index contributed by atoms with van der Waals surface area (Å²) in [5, 5.41) is 0. The Morgan fingerprint density at radius 3 is 1.56 bits per heavy atom. The molecule has 0 aromatic rings. The molecule has 0 heterocycles. The zero-order chi connectivity index (χ0) is 11.9. The molecule has 0 aliphatic rings. The van der Waals surface area contributed by atoms with Crippen LogP contribution in [0.5, 0.6) is 0 Å². The first-order valence-corrected chi connectivity index (χ1v) is 7.31. The van der Waals surface area contributed by atoms with Crippen LogP contribution in [-0.4, -0.2) is 0 Å². The standard InChI is InChI=1S/C16H30/c1-3-5-7-9-11-13-15-16-14-12-10-8-6-4-2/h13,16H,3-12,14H2,1-2H3. The molecule has 0 bridgehead atoms. The van der Waals surface area contributed by atoms with Crippen molar-refractivity contribution in [1.82, 2.24) is 0 Å². The third-order valence-electron chi connectivity index (χ3n) is 2.89. The number of unbranched alkanes of at least 4 members (excludes halogenated alkanes) is 9. The Morgan fingerprint density at radius 2 is 1.06 bits per heavy atom. The summed E-state index contributed by atoms with van der Waals surface area (Å²) >= 11 is 0. The number of allylic oxidation sites excluding steroid dienone is 1. The van der Waals surface area contributed by atoms with Gasteiger partial charge in [-0.1, -0.05) is 58.8 Å². The van der Waals surface area contributed by atoms with Gasteiger partial charge in [-0.2, -0.15) is 0 Å². The molecule has 0 fully saturated rings. The highest BCUT2D eigenvalue weighted by molar-refractivity contribution is 4.84. The average molecular weight is 222 g/mol. The fourth-order valence-corrected chi connectivity index (χ4v) is 1.77. The lowest BCUT2D eigenvalue weighted by Crippen LogP contribution is -1.75. The van der Waals surface area contributed by atoms with E-state index < -0.39 is 0 Å². The fraction of sp³-hybridized carbons (Fsp3) is 0.812. The highest BCUT2D eigenvalue weighted by atomic mass is 13.9. The van der Waals surface area contributed by atoms with Crippen LogP contribution in [-0.2, 0) is 0 Å². The first-order chi connectivity index (χ1) is 7.91. The summed E-state index contributed by atoms with van der Waals surface area (Å²) in [6.07, 6.45) is 19.2. The Hall–Kier alpha value is -0.480. The molecule has 0 heteroatoms. The zero-order valence-corrected chi connectivity index (χ0v) is 11.4. The van der Waals surface area contributed by atoms with Crippen LogP contribution in [0.1, 0.15) is 84.5 Å². The van der Waals surface area contributed by atoms with Crippen LogP contribution in [0.3, 0.4) is 0 Å². The molecule has 16 heavy (non-hydrogen) atoms. The van der Waals surface area contributed by atoms with Crippen molar-refractivity contribution in [2.45, 2.75) is 84.5 Å². The smallest absolute Gasteiger partial charge is 0.0274 e. The van der Waals surface area contributed by atoms with Gasteiger partial charge in [-0.25, -0.2) is 0 Å². The van der Waals surface area contributed by atoms with E-state index in [0.717, 1.165) is 0 Å². The molecule has 0 N–H and O–H groups in total. The largest absolute Gasteiger partial charge is 0.130 e. The molecule has 0 aromatic heterocycles. The predicted octanol–water partition coefficient (Wildman–Crippen LogP) is 6.03. The van der Waals surface area contributed by atoms with Gasteiger partial charge in [-0.15, -0.1) is 5.73 Å². The molecule has 0 atom stereocenters. The normalized spacial score (nSPS) is 9.88. The minimum absolute atomic E-state index is 1.21. The predicted molar refractivity (Wildman–Crippen MR) is 74.8 cm³/mol. The number of hydrogen-bond donors (Lipinski definition) is 0. The molecule has 0 nitrogen and oxygen atoms in total. The molecule has 0 rings (SSSR count). The van der Waals surface area contributed by atoms with Gasteiger partial charge in [0.15, 0.2) is 0 Å². The maximum absolute atomic E-state index is 3.30. The molecule has 0 amide bonds. The summed E-state index contributed by atoms with van der Waals surface area (Å²) in [5.41, 5.74) is 3.30. The minimum atomic E-state index is 1.21. The minimum Gasteiger partial charge on any atom is -0.130 e. The Kier molecular flexibility index (Phi) is 14.1. The number of rotatable bonds is 11. The molecule has 0 radical (unpaired) electrons. The van der Waals surface area contributed by atoms with Crippen LogP contribution in [0, 0.1) is 0 Å². The Morgan fingerprint density at radius 1 is 0.625 bits per heavy atom. The molecule has 94 valence electrons. The van der Waals surface area contributed by atoms with Gasteiger partial charge in [0, 0.05) is 0 Å². The molecule has 0 saturated heterocycles. The van der Waals surface area contributed by atoms with Gasteiger partial charge in [-0.05, 0) is 37.8 Å². The van der Waals surface area contributed by atoms with Crippen molar-refractivity contribution in [3.05, 3.63) is 17.9 Å². The monoisotopic (exact) mass is 222 g/mol. The Bertz CT molecular complexity index is 172. The molecule has 0 spiro atoms. The first kappa shape index (κ1) is 15.5. The maximum atomic E-state index is 3.30. The van der Waals surface area contributed by atoms with E-state index in [1.165, 1.54) is 70.6 Å². The average Bonchev–Trinajstić information content (AvgIpc) is 2.31. The molecule has 0 saturated carbocycles.